The summed E-state index contributed by atoms with van der Waals surface area (Å²) in [5, 5.41) is 8.83. The largest absolute Gasteiger partial charge is 0.487 e. The van der Waals surface area contributed by atoms with Gasteiger partial charge in [0.1, 0.15) is 5.56 Å². The van der Waals surface area contributed by atoms with Gasteiger partial charge in [0.25, 0.3) is 0 Å². The lowest BCUT2D eigenvalue weighted by molar-refractivity contribution is 0.0688. The van der Waals surface area contributed by atoms with E-state index >= 15 is 0 Å². The van der Waals surface area contributed by atoms with Crippen molar-refractivity contribution in [3.63, 3.8) is 0 Å². The standard InChI is InChI=1S/C11H13FO3/c1-3-7(2)15-10-8(11(13)14)5-4-6-9(10)12/h4-7H,3H2,1-2H3,(H,13,14). The summed E-state index contributed by atoms with van der Waals surface area (Å²) in [6.45, 7) is 3.64. The predicted molar refractivity (Wildman–Crippen MR) is 53.7 cm³/mol. The zero-order chi connectivity index (χ0) is 11.4. The van der Waals surface area contributed by atoms with Gasteiger partial charge in [0, 0.05) is 0 Å². The lowest BCUT2D eigenvalue weighted by Crippen LogP contribution is -2.14. The van der Waals surface area contributed by atoms with Crippen LogP contribution in [0.3, 0.4) is 0 Å². The molecule has 82 valence electrons. The van der Waals surface area contributed by atoms with E-state index in [2.05, 4.69) is 0 Å². The molecule has 0 saturated carbocycles. The molecule has 1 rings (SSSR count). The molecule has 1 aromatic carbocycles. The van der Waals surface area contributed by atoms with Crippen LogP contribution in [0.25, 0.3) is 0 Å². The molecule has 0 aliphatic carbocycles. The van der Waals surface area contributed by atoms with Crippen LogP contribution in [0.2, 0.25) is 0 Å². The summed E-state index contributed by atoms with van der Waals surface area (Å²) in [5.41, 5.74) is -0.143. The van der Waals surface area contributed by atoms with Gasteiger partial charge < -0.3 is 9.84 Å². The van der Waals surface area contributed by atoms with Crippen molar-refractivity contribution < 1.29 is 19.0 Å². The molecular formula is C11H13FO3. The van der Waals surface area contributed by atoms with Crippen molar-refractivity contribution in [1.29, 1.82) is 0 Å². The summed E-state index contributed by atoms with van der Waals surface area (Å²) in [5.74, 6) is -2.01. The molecule has 0 aromatic heterocycles. The molecule has 0 radical (unpaired) electrons. The number of benzene rings is 1. The van der Waals surface area contributed by atoms with Crippen LogP contribution in [0, 0.1) is 5.82 Å². The highest BCUT2D eigenvalue weighted by atomic mass is 19.1. The molecule has 0 heterocycles. The predicted octanol–water partition coefficient (Wildman–Crippen LogP) is 2.70. The van der Waals surface area contributed by atoms with Gasteiger partial charge in [-0.15, -0.1) is 0 Å². The molecule has 0 spiro atoms. The number of carboxylic acids is 1. The van der Waals surface area contributed by atoms with Gasteiger partial charge in [0.05, 0.1) is 6.10 Å². The normalized spacial score (nSPS) is 12.2. The molecule has 1 N–H and O–H groups in total. The van der Waals surface area contributed by atoms with Crippen molar-refractivity contribution in [2.45, 2.75) is 26.4 Å². The second-order valence-electron chi connectivity index (χ2n) is 3.26. The zero-order valence-electron chi connectivity index (χ0n) is 8.66. The molecule has 15 heavy (non-hydrogen) atoms. The molecule has 0 bridgehead atoms. The smallest absolute Gasteiger partial charge is 0.339 e. The van der Waals surface area contributed by atoms with Crippen molar-refractivity contribution in [2.75, 3.05) is 0 Å². The zero-order valence-corrected chi connectivity index (χ0v) is 8.66. The third-order valence-corrected chi connectivity index (χ3v) is 2.09. The fraction of sp³-hybridized carbons (Fsp3) is 0.364. The number of hydrogen-bond donors (Lipinski definition) is 1. The Morgan fingerprint density at radius 1 is 1.60 bits per heavy atom. The van der Waals surface area contributed by atoms with Crippen LogP contribution in [0.15, 0.2) is 18.2 Å². The van der Waals surface area contributed by atoms with Crippen molar-refractivity contribution in [3.8, 4) is 5.75 Å². The van der Waals surface area contributed by atoms with E-state index in [1.54, 1.807) is 6.92 Å². The van der Waals surface area contributed by atoms with Gasteiger partial charge in [0.15, 0.2) is 11.6 Å². The Morgan fingerprint density at radius 3 is 2.80 bits per heavy atom. The molecule has 0 saturated heterocycles. The number of aromatic carboxylic acids is 1. The lowest BCUT2D eigenvalue weighted by Gasteiger charge is -2.14. The molecule has 0 aliphatic rings. The molecule has 3 nitrogen and oxygen atoms in total. The molecule has 1 atom stereocenters. The molecular weight excluding hydrogens is 199 g/mol. The number of halogens is 1. The molecule has 1 unspecified atom stereocenters. The van der Waals surface area contributed by atoms with Gasteiger partial charge in [-0.1, -0.05) is 13.0 Å². The van der Waals surface area contributed by atoms with Crippen molar-refractivity contribution >= 4 is 5.97 Å². The van der Waals surface area contributed by atoms with E-state index < -0.39 is 11.8 Å². The van der Waals surface area contributed by atoms with Crippen LogP contribution < -0.4 is 4.74 Å². The highest BCUT2D eigenvalue weighted by Gasteiger charge is 2.17. The second kappa shape index (κ2) is 4.77. The quantitative estimate of drug-likeness (QED) is 0.834. The highest BCUT2D eigenvalue weighted by Crippen LogP contribution is 2.24. The number of ether oxygens (including phenoxy) is 1. The maximum absolute atomic E-state index is 13.3. The minimum Gasteiger partial charge on any atom is -0.487 e. The topological polar surface area (TPSA) is 46.5 Å². The average molecular weight is 212 g/mol. The van der Waals surface area contributed by atoms with E-state index in [0.29, 0.717) is 6.42 Å². The second-order valence-corrected chi connectivity index (χ2v) is 3.26. The van der Waals surface area contributed by atoms with Crippen molar-refractivity contribution in [2.24, 2.45) is 0 Å². The average Bonchev–Trinajstić information content (AvgIpc) is 2.20. The van der Waals surface area contributed by atoms with E-state index in [0.717, 1.165) is 0 Å². The maximum atomic E-state index is 13.3. The van der Waals surface area contributed by atoms with Gasteiger partial charge in [-0.05, 0) is 25.5 Å². The Morgan fingerprint density at radius 2 is 2.27 bits per heavy atom. The SMILES string of the molecule is CCC(C)Oc1c(F)cccc1C(=O)O. The van der Waals surface area contributed by atoms with E-state index in [1.165, 1.54) is 18.2 Å². The molecule has 0 aliphatic heterocycles. The number of para-hydroxylation sites is 1. The van der Waals surface area contributed by atoms with Crippen molar-refractivity contribution in [3.05, 3.63) is 29.6 Å². The molecule has 1 aromatic rings. The Hall–Kier alpha value is -1.58. The van der Waals surface area contributed by atoms with E-state index in [9.17, 15) is 9.18 Å². The van der Waals surface area contributed by atoms with Gasteiger partial charge >= 0.3 is 5.97 Å². The number of hydrogen-bond acceptors (Lipinski definition) is 2. The minimum atomic E-state index is -1.19. The summed E-state index contributed by atoms with van der Waals surface area (Å²) in [6.07, 6.45) is 0.480. The number of carboxylic acid groups (broad SMARTS) is 1. The first kappa shape index (κ1) is 11.5. The Bertz CT molecular complexity index is 363. The van der Waals surface area contributed by atoms with Gasteiger partial charge in [0.2, 0.25) is 0 Å². The van der Waals surface area contributed by atoms with Crippen LogP contribution in [0.5, 0.6) is 5.75 Å². The van der Waals surface area contributed by atoms with Crippen LogP contribution in [-0.2, 0) is 0 Å². The first-order chi connectivity index (χ1) is 7.06. The maximum Gasteiger partial charge on any atom is 0.339 e. The highest BCUT2D eigenvalue weighted by molar-refractivity contribution is 5.90. The number of carbonyl (C=O) groups is 1. The first-order valence-electron chi connectivity index (χ1n) is 4.74. The fourth-order valence-corrected chi connectivity index (χ4v) is 1.08. The third-order valence-electron chi connectivity index (χ3n) is 2.09. The summed E-state index contributed by atoms with van der Waals surface area (Å²) in [7, 11) is 0. The van der Waals surface area contributed by atoms with Crippen LogP contribution in [0.1, 0.15) is 30.6 Å². The van der Waals surface area contributed by atoms with Crippen LogP contribution >= 0.6 is 0 Å². The summed E-state index contributed by atoms with van der Waals surface area (Å²) < 4.78 is 18.5. The molecule has 0 fully saturated rings. The van der Waals surface area contributed by atoms with E-state index in [-0.39, 0.29) is 17.4 Å². The Balaban J connectivity index is 3.07. The fourth-order valence-electron chi connectivity index (χ4n) is 1.08. The summed E-state index contributed by atoms with van der Waals surface area (Å²) >= 11 is 0. The van der Waals surface area contributed by atoms with Gasteiger partial charge in [-0.2, -0.15) is 0 Å². The Labute approximate surface area is 87.5 Å². The minimum absolute atomic E-state index is 0.143. The Kier molecular flexibility index (Phi) is 3.66. The molecule has 0 amide bonds. The summed E-state index contributed by atoms with van der Waals surface area (Å²) in [6, 6.07) is 3.86. The lowest BCUT2D eigenvalue weighted by atomic mass is 10.2. The molecule has 4 heteroatoms. The summed E-state index contributed by atoms with van der Waals surface area (Å²) in [4.78, 5) is 10.8. The van der Waals surface area contributed by atoms with Crippen LogP contribution in [-0.4, -0.2) is 17.2 Å². The number of rotatable bonds is 4. The third kappa shape index (κ3) is 2.68. The van der Waals surface area contributed by atoms with E-state index in [4.69, 9.17) is 9.84 Å². The van der Waals surface area contributed by atoms with Crippen molar-refractivity contribution in [1.82, 2.24) is 0 Å². The monoisotopic (exact) mass is 212 g/mol. The van der Waals surface area contributed by atoms with Gasteiger partial charge in [-0.25, -0.2) is 9.18 Å². The van der Waals surface area contributed by atoms with Crippen LogP contribution in [0.4, 0.5) is 4.39 Å². The van der Waals surface area contributed by atoms with E-state index in [1.807, 2.05) is 6.92 Å². The van der Waals surface area contributed by atoms with Gasteiger partial charge in [-0.3, -0.25) is 0 Å². The first-order valence-corrected chi connectivity index (χ1v) is 4.74.